The zero-order valence-corrected chi connectivity index (χ0v) is 15.5. The monoisotopic (exact) mass is 334 g/mol. The average Bonchev–Trinajstić information content (AvgIpc) is 2.55. The van der Waals surface area contributed by atoms with Crippen molar-refractivity contribution in [2.24, 2.45) is 4.99 Å². The molecule has 0 bridgehead atoms. The Balaban J connectivity index is 1.95. The van der Waals surface area contributed by atoms with Crippen LogP contribution in [0.1, 0.15) is 50.8 Å². The van der Waals surface area contributed by atoms with Crippen molar-refractivity contribution in [3.63, 3.8) is 0 Å². The average molecular weight is 335 g/mol. The third-order valence-corrected chi connectivity index (χ3v) is 5.45. The molecule has 1 heterocycles. The number of rotatable bonds is 6. The van der Waals surface area contributed by atoms with Gasteiger partial charge in [-0.25, -0.2) is 4.99 Å². The smallest absolute Gasteiger partial charge is 0.191 e. The summed E-state index contributed by atoms with van der Waals surface area (Å²) in [6.45, 7) is 7.96. The number of thioether (sulfide) groups is 1. The summed E-state index contributed by atoms with van der Waals surface area (Å²) in [6.07, 6.45) is 7.00. The van der Waals surface area contributed by atoms with Crippen LogP contribution in [0.15, 0.2) is 23.3 Å². The molecule has 128 valence electrons. The number of aryl methyl sites for hydroxylation is 1. The van der Waals surface area contributed by atoms with E-state index >= 15 is 0 Å². The maximum atomic E-state index is 4.73. The first-order chi connectivity index (χ1) is 11.2. The molecule has 1 aliphatic rings. The van der Waals surface area contributed by atoms with E-state index in [1.807, 2.05) is 12.3 Å². The number of aromatic nitrogens is 1. The van der Waals surface area contributed by atoms with Crippen LogP contribution in [0.2, 0.25) is 0 Å². The molecule has 4 nitrogen and oxygen atoms in total. The first kappa shape index (κ1) is 18.1. The van der Waals surface area contributed by atoms with E-state index in [0.717, 1.165) is 23.4 Å². The molecule has 1 aromatic heterocycles. The normalized spacial score (nSPS) is 22.0. The lowest BCUT2D eigenvalue weighted by Crippen LogP contribution is -2.45. The largest absolute Gasteiger partial charge is 0.357 e. The van der Waals surface area contributed by atoms with E-state index in [1.54, 1.807) is 0 Å². The molecule has 1 aliphatic carbocycles. The lowest BCUT2D eigenvalue weighted by atomic mass is 9.95. The van der Waals surface area contributed by atoms with Crippen molar-refractivity contribution >= 4 is 17.7 Å². The van der Waals surface area contributed by atoms with Gasteiger partial charge in [0.25, 0.3) is 0 Å². The van der Waals surface area contributed by atoms with E-state index in [9.17, 15) is 0 Å². The number of hydrogen-bond acceptors (Lipinski definition) is 3. The van der Waals surface area contributed by atoms with Gasteiger partial charge in [0.15, 0.2) is 5.96 Å². The Morgan fingerprint density at radius 3 is 3.00 bits per heavy atom. The summed E-state index contributed by atoms with van der Waals surface area (Å²) in [5, 5.41) is 7.80. The molecule has 2 N–H and O–H groups in total. The zero-order chi connectivity index (χ0) is 16.5. The van der Waals surface area contributed by atoms with E-state index in [4.69, 9.17) is 4.99 Å². The van der Waals surface area contributed by atoms with E-state index in [1.165, 1.54) is 37.0 Å². The molecule has 0 spiro atoms. The zero-order valence-electron chi connectivity index (χ0n) is 14.6. The van der Waals surface area contributed by atoms with Crippen LogP contribution in [-0.4, -0.2) is 34.5 Å². The van der Waals surface area contributed by atoms with E-state index in [0.29, 0.717) is 12.6 Å². The molecule has 0 aliphatic heterocycles. The van der Waals surface area contributed by atoms with Gasteiger partial charge in [-0.3, -0.25) is 4.98 Å². The minimum absolute atomic E-state index is 0.537. The summed E-state index contributed by atoms with van der Waals surface area (Å²) in [7, 11) is 0. The fraction of sp³-hybridized carbons (Fsp3) is 0.667. The summed E-state index contributed by atoms with van der Waals surface area (Å²) in [5.41, 5.74) is 2.25. The molecule has 23 heavy (non-hydrogen) atoms. The molecular formula is C18H30N4S. The highest BCUT2D eigenvalue weighted by Crippen LogP contribution is 2.28. The van der Waals surface area contributed by atoms with Crippen molar-refractivity contribution in [1.29, 1.82) is 0 Å². The van der Waals surface area contributed by atoms with Crippen molar-refractivity contribution in [3.8, 4) is 0 Å². The maximum Gasteiger partial charge on any atom is 0.191 e. The van der Waals surface area contributed by atoms with E-state index < -0.39 is 0 Å². The second-order valence-electron chi connectivity index (χ2n) is 6.05. The predicted octanol–water partition coefficient (Wildman–Crippen LogP) is 3.51. The summed E-state index contributed by atoms with van der Waals surface area (Å²) in [6, 6.07) is 4.60. The first-order valence-electron chi connectivity index (χ1n) is 8.79. The Bertz CT molecular complexity index is 502. The van der Waals surface area contributed by atoms with Crippen molar-refractivity contribution in [3.05, 3.63) is 29.6 Å². The second kappa shape index (κ2) is 9.81. The van der Waals surface area contributed by atoms with Crippen LogP contribution in [0.4, 0.5) is 0 Å². The molecule has 1 fully saturated rings. The van der Waals surface area contributed by atoms with Crippen molar-refractivity contribution < 1.29 is 0 Å². The van der Waals surface area contributed by atoms with Crippen LogP contribution in [0.3, 0.4) is 0 Å². The molecule has 2 unspecified atom stereocenters. The Morgan fingerprint density at radius 2 is 2.26 bits per heavy atom. The highest BCUT2D eigenvalue weighted by molar-refractivity contribution is 7.99. The van der Waals surface area contributed by atoms with Crippen LogP contribution in [-0.2, 0) is 6.54 Å². The standard InChI is InChI=1S/C18H30N4S/c1-4-19-18(21-13-17-14(3)8-7-11-20-17)22-15-9-6-10-16(12-15)23-5-2/h7-8,11,15-16H,4-6,9-10,12-13H2,1-3H3,(H2,19,21,22). The van der Waals surface area contributed by atoms with Gasteiger partial charge in [-0.1, -0.05) is 19.4 Å². The second-order valence-corrected chi connectivity index (χ2v) is 7.62. The minimum atomic E-state index is 0.537. The Labute approximate surface area is 145 Å². The summed E-state index contributed by atoms with van der Waals surface area (Å²) >= 11 is 2.10. The minimum Gasteiger partial charge on any atom is -0.357 e. The molecule has 0 amide bonds. The van der Waals surface area contributed by atoms with Gasteiger partial charge in [0.05, 0.1) is 12.2 Å². The highest BCUT2D eigenvalue weighted by atomic mass is 32.2. The molecule has 2 rings (SSSR count). The lowest BCUT2D eigenvalue weighted by Gasteiger charge is -2.30. The van der Waals surface area contributed by atoms with Gasteiger partial charge in [0, 0.05) is 24.0 Å². The molecule has 2 atom stereocenters. The summed E-state index contributed by atoms with van der Waals surface area (Å²) in [4.78, 5) is 9.16. The fourth-order valence-corrected chi connectivity index (χ4v) is 4.19. The Morgan fingerprint density at radius 1 is 1.39 bits per heavy atom. The van der Waals surface area contributed by atoms with Gasteiger partial charge in [0.2, 0.25) is 0 Å². The molecule has 0 radical (unpaired) electrons. The van der Waals surface area contributed by atoms with Crippen LogP contribution in [0.25, 0.3) is 0 Å². The Kier molecular flexibility index (Phi) is 7.72. The SMILES string of the molecule is CCNC(=NCc1ncccc1C)NC1CCCC(SCC)C1. The molecular weight excluding hydrogens is 304 g/mol. The van der Waals surface area contributed by atoms with Gasteiger partial charge in [0.1, 0.15) is 0 Å². The van der Waals surface area contributed by atoms with Crippen LogP contribution < -0.4 is 10.6 Å². The number of pyridine rings is 1. The highest BCUT2D eigenvalue weighted by Gasteiger charge is 2.22. The maximum absolute atomic E-state index is 4.73. The van der Waals surface area contributed by atoms with Gasteiger partial charge >= 0.3 is 0 Å². The fourth-order valence-electron chi connectivity index (χ4n) is 3.01. The molecule has 0 aromatic carbocycles. The molecule has 1 aromatic rings. The van der Waals surface area contributed by atoms with E-state index in [2.05, 4.69) is 54.2 Å². The van der Waals surface area contributed by atoms with E-state index in [-0.39, 0.29) is 0 Å². The first-order valence-corrected chi connectivity index (χ1v) is 9.84. The van der Waals surface area contributed by atoms with Crippen LogP contribution in [0.5, 0.6) is 0 Å². The van der Waals surface area contributed by atoms with Crippen molar-refractivity contribution in [2.45, 2.75) is 64.3 Å². The van der Waals surface area contributed by atoms with Gasteiger partial charge in [-0.2, -0.15) is 11.8 Å². The Hall–Kier alpha value is -1.23. The van der Waals surface area contributed by atoms with Crippen molar-refractivity contribution in [1.82, 2.24) is 15.6 Å². The van der Waals surface area contributed by atoms with Gasteiger partial charge in [-0.05, 0) is 50.5 Å². The third-order valence-electron chi connectivity index (χ3n) is 4.22. The lowest BCUT2D eigenvalue weighted by molar-refractivity contribution is 0.419. The topological polar surface area (TPSA) is 49.3 Å². The number of hydrogen-bond donors (Lipinski definition) is 2. The molecule has 0 saturated heterocycles. The van der Waals surface area contributed by atoms with Crippen molar-refractivity contribution in [2.75, 3.05) is 12.3 Å². The van der Waals surface area contributed by atoms with Gasteiger partial charge in [-0.15, -0.1) is 0 Å². The number of aliphatic imine (C=N–C) groups is 1. The number of nitrogens with zero attached hydrogens (tertiary/aromatic N) is 2. The summed E-state index contributed by atoms with van der Waals surface area (Å²) < 4.78 is 0. The molecule has 1 saturated carbocycles. The summed E-state index contributed by atoms with van der Waals surface area (Å²) in [5.74, 6) is 2.13. The van der Waals surface area contributed by atoms with Crippen LogP contribution >= 0.6 is 11.8 Å². The quantitative estimate of drug-likeness (QED) is 0.617. The number of nitrogens with one attached hydrogen (secondary N) is 2. The third kappa shape index (κ3) is 6.05. The molecule has 5 heteroatoms. The number of guanidine groups is 1. The van der Waals surface area contributed by atoms with Gasteiger partial charge < -0.3 is 10.6 Å². The predicted molar refractivity (Wildman–Crippen MR) is 101 cm³/mol. The van der Waals surface area contributed by atoms with Crippen LogP contribution in [0, 0.1) is 6.92 Å².